The second-order valence-corrected chi connectivity index (χ2v) is 8.27. The van der Waals surface area contributed by atoms with Crippen LogP contribution < -0.4 is 0 Å². The van der Waals surface area contributed by atoms with Gasteiger partial charge in [-0.15, -0.1) is 0 Å². The van der Waals surface area contributed by atoms with Crippen LogP contribution in [0.5, 0.6) is 0 Å². The summed E-state index contributed by atoms with van der Waals surface area (Å²) in [7, 11) is 0. The fourth-order valence-corrected chi connectivity index (χ4v) is 3.93. The summed E-state index contributed by atoms with van der Waals surface area (Å²) in [5.74, 6) is -0.0385. The Morgan fingerprint density at radius 3 is 2.57 bits per heavy atom. The van der Waals surface area contributed by atoms with Crippen LogP contribution >= 0.6 is 23.2 Å². The van der Waals surface area contributed by atoms with Crippen molar-refractivity contribution in [2.75, 3.05) is 26.2 Å². The summed E-state index contributed by atoms with van der Waals surface area (Å²) >= 11 is 12.1. The quantitative estimate of drug-likeness (QED) is 0.645. The van der Waals surface area contributed by atoms with Crippen LogP contribution in [-0.4, -0.2) is 61.9 Å². The van der Waals surface area contributed by atoms with E-state index in [1.165, 1.54) is 5.56 Å². The number of hydrogen-bond acceptors (Lipinski definition) is 4. The number of carbonyl (C=O) groups is 1. The lowest BCUT2D eigenvalue weighted by Gasteiger charge is -2.34. The average Bonchev–Trinajstić information content (AvgIpc) is 3.37. The number of hydrogen-bond donors (Lipinski definition) is 1. The summed E-state index contributed by atoms with van der Waals surface area (Å²) in [6.45, 7) is 8.89. The third-order valence-electron chi connectivity index (χ3n) is 5.45. The molecule has 1 aliphatic rings. The number of nitrogens with zero attached hydrogens (tertiary/aromatic N) is 5. The van der Waals surface area contributed by atoms with E-state index in [2.05, 4.69) is 33.3 Å². The molecule has 0 aliphatic carbocycles. The summed E-state index contributed by atoms with van der Waals surface area (Å²) in [4.78, 5) is 17.1. The van der Waals surface area contributed by atoms with E-state index >= 15 is 0 Å². The molecule has 158 valence electrons. The second kappa shape index (κ2) is 8.79. The molecule has 1 fully saturated rings. The number of carbonyl (C=O) groups excluding carboxylic acids is 1. The average molecular weight is 447 g/mol. The van der Waals surface area contributed by atoms with Gasteiger partial charge in [0.2, 0.25) is 0 Å². The van der Waals surface area contributed by atoms with Gasteiger partial charge in [0.15, 0.2) is 0 Å². The number of benzene rings is 1. The molecule has 1 amide bonds. The van der Waals surface area contributed by atoms with Crippen molar-refractivity contribution in [1.82, 2.24) is 29.8 Å². The number of aryl methyl sites for hydroxylation is 2. The first-order valence-corrected chi connectivity index (χ1v) is 10.8. The summed E-state index contributed by atoms with van der Waals surface area (Å²) in [5.41, 5.74) is 4.27. The predicted molar refractivity (Wildman–Crippen MR) is 118 cm³/mol. The van der Waals surface area contributed by atoms with Gasteiger partial charge in [-0.2, -0.15) is 10.2 Å². The maximum atomic E-state index is 12.9. The van der Waals surface area contributed by atoms with Crippen LogP contribution in [0.3, 0.4) is 0 Å². The topological polar surface area (TPSA) is 70.1 Å². The highest BCUT2D eigenvalue weighted by molar-refractivity contribution is 6.42. The van der Waals surface area contributed by atoms with Gasteiger partial charge < -0.3 is 4.90 Å². The highest BCUT2D eigenvalue weighted by atomic mass is 35.5. The summed E-state index contributed by atoms with van der Waals surface area (Å²) in [5, 5.41) is 12.6. The summed E-state index contributed by atoms with van der Waals surface area (Å²) < 4.78 is 1.97. The number of H-pyrrole nitrogens is 1. The van der Waals surface area contributed by atoms with Crippen molar-refractivity contribution in [3.05, 3.63) is 57.5 Å². The summed E-state index contributed by atoms with van der Waals surface area (Å²) in [6, 6.07) is 7.06. The standard InChI is InChI=1S/C21H24Cl2N6O/c1-3-29-13-16(14(2)26-29)12-27-6-8-28(9-7-27)21(30)20-11-19(24-25-20)15-4-5-17(22)18(23)10-15/h4-5,10-11,13H,3,6-9,12H2,1-2H3,(H,24,25). The number of nitrogens with one attached hydrogen (secondary N) is 1. The molecule has 9 heteroatoms. The number of amides is 1. The van der Waals surface area contributed by atoms with E-state index in [9.17, 15) is 4.79 Å². The number of aromatic nitrogens is 4. The van der Waals surface area contributed by atoms with Crippen molar-refractivity contribution in [2.45, 2.75) is 26.9 Å². The Bertz CT molecular complexity index is 1050. The van der Waals surface area contributed by atoms with Gasteiger partial charge in [0.25, 0.3) is 5.91 Å². The molecule has 4 rings (SSSR count). The van der Waals surface area contributed by atoms with Crippen LogP contribution in [0.15, 0.2) is 30.5 Å². The number of aromatic amines is 1. The highest BCUT2D eigenvalue weighted by Crippen LogP contribution is 2.28. The monoisotopic (exact) mass is 446 g/mol. The van der Waals surface area contributed by atoms with Gasteiger partial charge in [-0.1, -0.05) is 29.3 Å². The Morgan fingerprint density at radius 1 is 1.13 bits per heavy atom. The van der Waals surface area contributed by atoms with Gasteiger partial charge >= 0.3 is 0 Å². The molecule has 0 atom stereocenters. The van der Waals surface area contributed by atoms with Crippen LogP contribution in [-0.2, 0) is 13.1 Å². The maximum Gasteiger partial charge on any atom is 0.271 e. The molecule has 1 aromatic carbocycles. The number of halogens is 2. The van der Waals surface area contributed by atoms with Crippen molar-refractivity contribution >= 4 is 29.1 Å². The van der Waals surface area contributed by atoms with Crippen LogP contribution in [0.2, 0.25) is 10.0 Å². The van der Waals surface area contributed by atoms with Gasteiger partial charge in [-0.3, -0.25) is 19.5 Å². The third-order valence-corrected chi connectivity index (χ3v) is 6.19. The zero-order valence-electron chi connectivity index (χ0n) is 17.0. The molecule has 2 aromatic heterocycles. The van der Waals surface area contributed by atoms with Gasteiger partial charge in [0.1, 0.15) is 5.69 Å². The minimum Gasteiger partial charge on any atom is -0.335 e. The lowest BCUT2D eigenvalue weighted by Crippen LogP contribution is -2.48. The van der Waals surface area contributed by atoms with Crippen LogP contribution in [0.1, 0.15) is 28.7 Å². The third kappa shape index (κ3) is 4.38. The molecule has 0 spiro atoms. The first-order valence-electron chi connectivity index (χ1n) is 10.00. The van der Waals surface area contributed by atoms with Crippen molar-refractivity contribution in [2.24, 2.45) is 0 Å². The van der Waals surface area contributed by atoms with Crippen molar-refractivity contribution < 1.29 is 4.79 Å². The molecule has 3 aromatic rings. The van der Waals surface area contributed by atoms with Crippen molar-refractivity contribution in [3.63, 3.8) is 0 Å². The molecule has 1 N–H and O–H groups in total. The number of rotatable bonds is 5. The Balaban J connectivity index is 1.37. The molecule has 3 heterocycles. The van der Waals surface area contributed by atoms with Crippen LogP contribution in [0, 0.1) is 6.92 Å². The second-order valence-electron chi connectivity index (χ2n) is 7.46. The van der Waals surface area contributed by atoms with E-state index < -0.39 is 0 Å². The minimum atomic E-state index is -0.0385. The normalized spacial score (nSPS) is 15.0. The van der Waals surface area contributed by atoms with Gasteiger partial charge in [0.05, 0.1) is 21.4 Å². The Labute approximate surface area is 185 Å². The Kier molecular flexibility index (Phi) is 6.13. The molecule has 7 nitrogen and oxygen atoms in total. The summed E-state index contributed by atoms with van der Waals surface area (Å²) in [6.07, 6.45) is 2.11. The maximum absolute atomic E-state index is 12.9. The number of piperazine rings is 1. The molecular formula is C21H24Cl2N6O. The van der Waals surface area contributed by atoms with E-state index in [1.807, 2.05) is 22.6 Å². The zero-order chi connectivity index (χ0) is 21.3. The van der Waals surface area contributed by atoms with E-state index in [1.54, 1.807) is 18.2 Å². The molecular weight excluding hydrogens is 423 g/mol. The van der Waals surface area contributed by atoms with E-state index in [4.69, 9.17) is 23.2 Å². The lowest BCUT2D eigenvalue weighted by molar-refractivity contribution is 0.0622. The minimum absolute atomic E-state index is 0.0385. The molecule has 30 heavy (non-hydrogen) atoms. The molecule has 0 radical (unpaired) electrons. The molecule has 0 unspecified atom stereocenters. The molecule has 1 aliphatic heterocycles. The first-order chi connectivity index (χ1) is 14.4. The molecule has 0 saturated carbocycles. The fourth-order valence-electron chi connectivity index (χ4n) is 3.63. The largest absolute Gasteiger partial charge is 0.335 e. The Morgan fingerprint density at radius 2 is 1.90 bits per heavy atom. The van der Waals surface area contributed by atoms with Gasteiger partial charge in [-0.25, -0.2) is 0 Å². The molecule has 1 saturated heterocycles. The SMILES string of the molecule is CCn1cc(CN2CCN(C(=O)c3cc(-c4ccc(Cl)c(Cl)c4)n[nH]3)CC2)c(C)n1. The van der Waals surface area contributed by atoms with Crippen molar-refractivity contribution in [1.29, 1.82) is 0 Å². The zero-order valence-corrected chi connectivity index (χ0v) is 18.5. The van der Waals surface area contributed by atoms with Crippen LogP contribution in [0.4, 0.5) is 0 Å². The first kappa shape index (κ1) is 20.9. The van der Waals surface area contributed by atoms with Crippen molar-refractivity contribution in [3.8, 4) is 11.3 Å². The Hall–Kier alpha value is -2.35. The van der Waals surface area contributed by atoms with Gasteiger partial charge in [0, 0.05) is 56.6 Å². The van der Waals surface area contributed by atoms with E-state index in [0.717, 1.165) is 37.4 Å². The van der Waals surface area contributed by atoms with E-state index in [-0.39, 0.29) is 5.91 Å². The fraction of sp³-hybridized carbons (Fsp3) is 0.381. The lowest BCUT2D eigenvalue weighted by atomic mass is 10.1. The molecule has 0 bridgehead atoms. The smallest absolute Gasteiger partial charge is 0.271 e. The predicted octanol–water partition coefficient (Wildman–Crippen LogP) is 3.87. The van der Waals surface area contributed by atoms with E-state index in [0.29, 0.717) is 34.5 Å². The van der Waals surface area contributed by atoms with Crippen LogP contribution in [0.25, 0.3) is 11.3 Å². The van der Waals surface area contributed by atoms with Gasteiger partial charge in [-0.05, 0) is 32.0 Å². The highest BCUT2D eigenvalue weighted by Gasteiger charge is 2.24.